The summed E-state index contributed by atoms with van der Waals surface area (Å²) in [4.78, 5) is 22.9. The SMILES string of the molecule is CS1(C)CCN(CCNC(=O)c2cc(-c3ccc(CN4CCOCC4)cc3)nc3ccc(F)cc23)CC1. The van der Waals surface area contributed by atoms with Crippen LogP contribution in [-0.2, 0) is 11.3 Å². The summed E-state index contributed by atoms with van der Waals surface area (Å²) >= 11 is 0. The molecule has 0 atom stereocenters. The van der Waals surface area contributed by atoms with Crippen molar-refractivity contribution in [3.05, 3.63) is 65.5 Å². The van der Waals surface area contributed by atoms with Crippen molar-refractivity contribution in [1.29, 1.82) is 0 Å². The predicted octanol–water partition coefficient (Wildman–Crippen LogP) is 3.98. The molecule has 3 heterocycles. The molecule has 0 bridgehead atoms. The summed E-state index contributed by atoms with van der Waals surface area (Å²) in [6.07, 6.45) is 4.80. The number of ether oxygens (including phenoxy) is 1. The first-order chi connectivity index (χ1) is 17.9. The molecule has 6 nitrogen and oxygen atoms in total. The Morgan fingerprint density at radius 1 is 1.00 bits per heavy atom. The Kier molecular flexibility index (Phi) is 8.09. The third kappa shape index (κ3) is 6.68. The average molecular weight is 525 g/mol. The summed E-state index contributed by atoms with van der Waals surface area (Å²) < 4.78 is 19.6. The standard InChI is InChI=1S/C29H37FN4O2S/c1-37(2)17-13-33(14-18-37)10-9-31-29(35)26-20-28(32-27-8-7-24(30)19-25(26)27)23-5-3-22(4-6-23)21-34-11-15-36-16-12-34/h3-8,19-20H,9-18,21H2,1-2H3,(H,31,35). The summed E-state index contributed by atoms with van der Waals surface area (Å²) in [5, 5.41) is 3.61. The van der Waals surface area contributed by atoms with Crippen molar-refractivity contribution in [1.82, 2.24) is 20.1 Å². The number of aromatic nitrogens is 1. The molecule has 0 aliphatic carbocycles. The molecule has 2 saturated heterocycles. The lowest BCUT2D eigenvalue weighted by molar-refractivity contribution is 0.0342. The van der Waals surface area contributed by atoms with E-state index in [1.807, 2.05) is 0 Å². The number of benzene rings is 2. The lowest BCUT2D eigenvalue weighted by Crippen LogP contribution is -2.42. The molecule has 2 aliphatic heterocycles. The molecular weight excluding hydrogens is 487 g/mol. The molecular formula is C29H37FN4O2S. The van der Waals surface area contributed by atoms with Gasteiger partial charge in [-0.3, -0.25) is 9.69 Å². The number of carbonyl (C=O) groups excluding carboxylic acids is 1. The quantitative estimate of drug-likeness (QED) is 0.507. The molecule has 37 heavy (non-hydrogen) atoms. The molecule has 2 aromatic carbocycles. The second kappa shape index (κ2) is 11.5. The van der Waals surface area contributed by atoms with Gasteiger partial charge in [0.15, 0.2) is 0 Å². The minimum Gasteiger partial charge on any atom is -0.379 e. The molecule has 5 rings (SSSR count). The van der Waals surface area contributed by atoms with E-state index in [-0.39, 0.29) is 11.7 Å². The van der Waals surface area contributed by atoms with Crippen LogP contribution >= 0.6 is 10.0 Å². The van der Waals surface area contributed by atoms with Gasteiger partial charge in [0.05, 0.1) is 30.0 Å². The van der Waals surface area contributed by atoms with E-state index in [1.165, 1.54) is 29.2 Å². The van der Waals surface area contributed by atoms with Crippen molar-refractivity contribution >= 4 is 26.8 Å². The number of pyridine rings is 1. The molecule has 3 aromatic rings. The van der Waals surface area contributed by atoms with Crippen LogP contribution in [0.5, 0.6) is 0 Å². The number of fused-ring (bicyclic) bond motifs is 1. The van der Waals surface area contributed by atoms with Gasteiger partial charge >= 0.3 is 0 Å². The molecule has 0 spiro atoms. The zero-order chi connectivity index (χ0) is 25.8. The number of morpholine rings is 1. The fourth-order valence-electron chi connectivity index (χ4n) is 4.94. The van der Waals surface area contributed by atoms with Crippen molar-refractivity contribution in [2.24, 2.45) is 0 Å². The van der Waals surface area contributed by atoms with E-state index in [0.717, 1.165) is 58.0 Å². The second-order valence-corrected chi connectivity index (χ2v) is 14.9. The Morgan fingerprint density at radius 3 is 2.46 bits per heavy atom. The van der Waals surface area contributed by atoms with E-state index >= 15 is 0 Å². The van der Waals surface area contributed by atoms with Crippen LogP contribution in [-0.4, -0.2) is 97.2 Å². The lowest BCUT2D eigenvalue weighted by atomic mass is 10.0. The van der Waals surface area contributed by atoms with Gasteiger partial charge in [0.2, 0.25) is 0 Å². The van der Waals surface area contributed by atoms with Gasteiger partial charge in [0, 0.05) is 56.8 Å². The van der Waals surface area contributed by atoms with Crippen LogP contribution in [0.4, 0.5) is 4.39 Å². The molecule has 2 fully saturated rings. The number of carbonyl (C=O) groups is 1. The largest absolute Gasteiger partial charge is 0.379 e. The van der Waals surface area contributed by atoms with Gasteiger partial charge in [-0.15, -0.1) is 0 Å². The highest BCUT2D eigenvalue weighted by atomic mass is 32.3. The molecule has 0 unspecified atom stereocenters. The summed E-state index contributed by atoms with van der Waals surface area (Å²) in [7, 11) is -0.449. The van der Waals surface area contributed by atoms with Gasteiger partial charge in [0.1, 0.15) is 5.82 Å². The number of halogens is 1. The third-order valence-corrected chi connectivity index (χ3v) is 9.98. The van der Waals surface area contributed by atoms with Gasteiger partial charge in [0.25, 0.3) is 5.91 Å². The van der Waals surface area contributed by atoms with E-state index < -0.39 is 10.0 Å². The summed E-state index contributed by atoms with van der Waals surface area (Å²) in [5.41, 5.74) is 3.95. The molecule has 198 valence electrons. The molecule has 8 heteroatoms. The lowest BCUT2D eigenvalue weighted by Gasteiger charge is -2.41. The highest BCUT2D eigenvalue weighted by Crippen LogP contribution is 2.41. The number of amides is 1. The Morgan fingerprint density at radius 2 is 1.73 bits per heavy atom. The third-order valence-electron chi connectivity index (χ3n) is 7.41. The first kappa shape index (κ1) is 26.1. The molecule has 1 aromatic heterocycles. The van der Waals surface area contributed by atoms with Crippen molar-refractivity contribution in [3.8, 4) is 11.3 Å². The molecule has 2 aliphatic rings. The van der Waals surface area contributed by atoms with Crippen LogP contribution in [0.25, 0.3) is 22.2 Å². The summed E-state index contributed by atoms with van der Waals surface area (Å²) in [5.74, 6) is 1.95. The van der Waals surface area contributed by atoms with Crippen molar-refractivity contribution in [2.75, 3.05) is 76.5 Å². The van der Waals surface area contributed by atoms with Gasteiger partial charge in [-0.25, -0.2) is 19.4 Å². The van der Waals surface area contributed by atoms with Crippen LogP contribution in [0.3, 0.4) is 0 Å². The van der Waals surface area contributed by atoms with Gasteiger partial charge in [-0.2, -0.15) is 0 Å². The Bertz CT molecular complexity index is 1230. The average Bonchev–Trinajstić information content (AvgIpc) is 2.90. The number of rotatable bonds is 7. The number of hydrogen-bond acceptors (Lipinski definition) is 5. The van der Waals surface area contributed by atoms with Crippen molar-refractivity contribution < 1.29 is 13.9 Å². The highest BCUT2D eigenvalue weighted by molar-refractivity contribution is 8.32. The topological polar surface area (TPSA) is 57.7 Å². The zero-order valence-corrected chi connectivity index (χ0v) is 22.7. The second-order valence-electron chi connectivity index (χ2n) is 10.6. The highest BCUT2D eigenvalue weighted by Gasteiger charge is 2.21. The van der Waals surface area contributed by atoms with E-state index in [0.29, 0.717) is 28.7 Å². The predicted molar refractivity (Wildman–Crippen MR) is 151 cm³/mol. The van der Waals surface area contributed by atoms with Crippen LogP contribution in [0.15, 0.2) is 48.5 Å². The summed E-state index contributed by atoms with van der Waals surface area (Å²) in [6, 6.07) is 14.6. The smallest absolute Gasteiger partial charge is 0.252 e. The number of nitrogens with one attached hydrogen (secondary N) is 1. The van der Waals surface area contributed by atoms with Crippen LogP contribution in [0.1, 0.15) is 15.9 Å². The normalized spacial score (nSPS) is 19.5. The maximum absolute atomic E-state index is 14.1. The maximum atomic E-state index is 14.1. The molecule has 1 amide bonds. The summed E-state index contributed by atoms with van der Waals surface area (Å²) in [6.45, 7) is 7.91. The van der Waals surface area contributed by atoms with Gasteiger partial charge in [-0.05, 0) is 53.8 Å². The molecule has 0 saturated carbocycles. The van der Waals surface area contributed by atoms with Crippen LogP contribution in [0.2, 0.25) is 0 Å². The van der Waals surface area contributed by atoms with Crippen molar-refractivity contribution in [3.63, 3.8) is 0 Å². The van der Waals surface area contributed by atoms with Crippen molar-refractivity contribution in [2.45, 2.75) is 6.54 Å². The first-order valence-electron chi connectivity index (χ1n) is 13.1. The molecule has 0 radical (unpaired) electrons. The first-order valence-corrected chi connectivity index (χ1v) is 15.8. The Labute approximate surface area is 220 Å². The minimum atomic E-state index is -0.449. The van der Waals surface area contributed by atoms with E-state index in [2.05, 4.69) is 51.9 Å². The fourth-order valence-corrected chi connectivity index (χ4v) is 6.65. The monoisotopic (exact) mass is 524 g/mol. The molecule has 1 N–H and O–H groups in total. The minimum absolute atomic E-state index is 0.189. The van der Waals surface area contributed by atoms with E-state index in [1.54, 1.807) is 12.1 Å². The Balaban J connectivity index is 1.31. The zero-order valence-electron chi connectivity index (χ0n) is 21.8. The van der Waals surface area contributed by atoms with Gasteiger partial charge in [-0.1, -0.05) is 24.3 Å². The maximum Gasteiger partial charge on any atom is 0.252 e. The van der Waals surface area contributed by atoms with E-state index in [9.17, 15) is 9.18 Å². The fraction of sp³-hybridized carbons (Fsp3) is 0.448. The van der Waals surface area contributed by atoms with E-state index in [4.69, 9.17) is 9.72 Å². The van der Waals surface area contributed by atoms with Gasteiger partial charge < -0.3 is 15.0 Å². The Hall–Kier alpha value is -2.52. The van der Waals surface area contributed by atoms with Crippen LogP contribution in [0, 0.1) is 5.82 Å². The van der Waals surface area contributed by atoms with Crippen LogP contribution < -0.4 is 5.32 Å². The number of nitrogens with zero attached hydrogens (tertiary/aromatic N) is 3. The number of hydrogen-bond donors (Lipinski definition) is 1.